The van der Waals surface area contributed by atoms with Crippen molar-refractivity contribution in [3.8, 4) is 0 Å². The summed E-state index contributed by atoms with van der Waals surface area (Å²) in [5, 5.41) is 4.20. The Morgan fingerprint density at radius 3 is 2.08 bits per heavy atom. The minimum absolute atomic E-state index is 1.24. The zero-order chi connectivity index (χ0) is 9.10. The van der Waals surface area contributed by atoms with E-state index >= 15 is 0 Å². The van der Waals surface area contributed by atoms with Crippen LogP contribution in [-0.4, -0.2) is 0 Å². The summed E-state index contributed by atoms with van der Waals surface area (Å²) >= 11 is 1.74. The first kappa shape index (κ1) is 8.52. The molecule has 1 aliphatic carbocycles. The number of rotatable bonds is 0. The van der Waals surface area contributed by atoms with Gasteiger partial charge in [-0.3, -0.25) is 0 Å². The molecule has 0 aliphatic heterocycles. The molecule has 0 amide bonds. The summed E-state index contributed by atoms with van der Waals surface area (Å²) in [6.07, 6.45) is 1.24. The van der Waals surface area contributed by atoms with E-state index in [1.807, 2.05) is 0 Å². The Labute approximate surface area is 82.9 Å². The van der Waals surface area contributed by atoms with Gasteiger partial charge in [0.25, 0.3) is 0 Å². The Morgan fingerprint density at radius 2 is 1.77 bits per heavy atom. The summed E-state index contributed by atoms with van der Waals surface area (Å²) in [5.74, 6) is 0. The third-order valence-electron chi connectivity index (χ3n) is 2.04. The fraction of sp³-hybridized carbons (Fsp3) is 0.167. The van der Waals surface area contributed by atoms with E-state index in [0.717, 1.165) is 0 Å². The molecule has 0 unspecified atom stereocenters. The van der Waals surface area contributed by atoms with Crippen molar-refractivity contribution >= 4 is 11.3 Å². The summed E-state index contributed by atoms with van der Waals surface area (Å²) < 4.78 is 0. The number of thiophene rings is 1. The average molecular weight is 188 g/mol. The van der Waals surface area contributed by atoms with Crippen LogP contribution >= 0.6 is 11.3 Å². The molecule has 0 atom stereocenters. The van der Waals surface area contributed by atoms with Crippen LogP contribution < -0.4 is 0 Å². The van der Waals surface area contributed by atoms with Gasteiger partial charge in [-0.25, -0.2) is 0 Å². The van der Waals surface area contributed by atoms with Gasteiger partial charge in [-0.1, -0.05) is 24.3 Å². The van der Waals surface area contributed by atoms with Crippen molar-refractivity contribution in [2.45, 2.75) is 13.3 Å². The van der Waals surface area contributed by atoms with Crippen LogP contribution in [0.15, 0.2) is 41.1 Å². The van der Waals surface area contributed by atoms with Gasteiger partial charge < -0.3 is 0 Å². The minimum atomic E-state index is 1.24. The van der Waals surface area contributed by atoms with E-state index in [4.69, 9.17) is 0 Å². The Bertz CT molecular complexity index is 353. The van der Waals surface area contributed by atoms with E-state index < -0.39 is 0 Å². The topological polar surface area (TPSA) is 0 Å². The summed E-state index contributed by atoms with van der Waals surface area (Å²) in [7, 11) is 0. The van der Waals surface area contributed by atoms with Crippen LogP contribution in [0.3, 0.4) is 0 Å². The average Bonchev–Trinajstić information content (AvgIpc) is 2.80. The van der Waals surface area contributed by atoms with Gasteiger partial charge in [0.2, 0.25) is 0 Å². The zero-order valence-electron chi connectivity index (χ0n) is 7.66. The first-order valence-electron chi connectivity index (χ1n) is 4.42. The van der Waals surface area contributed by atoms with Gasteiger partial charge in [0.15, 0.2) is 0 Å². The molecule has 3 rings (SSSR count). The van der Waals surface area contributed by atoms with E-state index in [-0.39, 0.29) is 0 Å². The van der Waals surface area contributed by atoms with Gasteiger partial charge in [0.1, 0.15) is 0 Å². The van der Waals surface area contributed by atoms with Crippen molar-refractivity contribution < 1.29 is 0 Å². The standard InChI is InChI=1S/C7H6.C5H6S/c1-2-4-7-5-6(7)3-1;1-5-2-3-6-4-5/h1-4H,5H2;2-4H,1H3. The van der Waals surface area contributed by atoms with E-state index in [9.17, 15) is 0 Å². The predicted octanol–water partition coefficient (Wildman–Crippen LogP) is 3.65. The van der Waals surface area contributed by atoms with Crippen LogP contribution in [0.25, 0.3) is 0 Å². The molecule has 0 saturated heterocycles. The second-order valence-corrected chi connectivity index (χ2v) is 4.03. The monoisotopic (exact) mass is 188 g/mol. The van der Waals surface area contributed by atoms with Gasteiger partial charge in [-0.05, 0) is 46.9 Å². The highest BCUT2D eigenvalue weighted by atomic mass is 32.1. The van der Waals surface area contributed by atoms with E-state index in [1.54, 1.807) is 11.3 Å². The van der Waals surface area contributed by atoms with Crippen LogP contribution in [-0.2, 0) is 6.42 Å². The fourth-order valence-electron chi connectivity index (χ4n) is 1.17. The van der Waals surface area contributed by atoms with E-state index in [1.165, 1.54) is 23.1 Å². The third kappa shape index (κ3) is 2.43. The molecule has 1 heterocycles. The number of fused-ring (bicyclic) bond motifs is 1. The smallest absolute Gasteiger partial charge is 0.00201 e. The molecule has 1 heteroatoms. The lowest BCUT2D eigenvalue weighted by atomic mass is 10.4. The Morgan fingerprint density at radius 1 is 1.08 bits per heavy atom. The molecule has 0 radical (unpaired) electrons. The highest BCUT2D eigenvalue weighted by Gasteiger charge is 2.12. The molecule has 0 saturated carbocycles. The number of benzene rings is 1. The summed E-state index contributed by atoms with van der Waals surface area (Å²) in [6.45, 7) is 2.09. The Balaban J connectivity index is 0.000000102. The molecular weight excluding hydrogens is 176 g/mol. The van der Waals surface area contributed by atoms with E-state index in [0.29, 0.717) is 0 Å². The van der Waals surface area contributed by atoms with Crippen molar-refractivity contribution in [1.82, 2.24) is 0 Å². The highest BCUT2D eigenvalue weighted by molar-refractivity contribution is 7.07. The van der Waals surface area contributed by atoms with Gasteiger partial charge >= 0.3 is 0 Å². The Hall–Kier alpha value is -1.08. The van der Waals surface area contributed by atoms with Crippen molar-refractivity contribution in [2.24, 2.45) is 0 Å². The van der Waals surface area contributed by atoms with Crippen molar-refractivity contribution in [3.05, 3.63) is 57.8 Å². The van der Waals surface area contributed by atoms with E-state index in [2.05, 4.69) is 48.0 Å². The molecular formula is C12H12S. The maximum Gasteiger partial charge on any atom is -0.00201 e. The molecule has 13 heavy (non-hydrogen) atoms. The van der Waals surface area contributed by atoms with Crippen molar-refractivity contribution in [2.75, 3.05) is 0 Å². The van der Waals surface area contributed by atoms with Crippen LogP contribution in [0.2, 0.25) is 0 Å². The first-order valence-corrected chi connectivity index (χ1v) is 5.36. The third-order valence-corrected chi connectivity index (χ3v) is 2.84. The second-order valence-electron chi connectivity index (χ2n) is 3.25. The number of aryl methyl sites for hydroxylation is 1. The van der Waals surface area contributed by atoms with Gasteiger partial charge in [-0.2, -0.15) is 11.3 Å². The van der Waals surface area contributed by atoms with Gasteiger partial charge in [0, 0.05) is 0 Å². The minimum Gasteiger partial charge on any atom is -0.152 e. The molecule has 2 aromatic rings. The summed E-state index contributed by atoms with van der Waals surface area (Å²) in [4.78, 5) is 0. The maximum atomic E-state index is 2.18. The number of hydrogen-bond acceptors (Lipinski definition) is 1. The predicted molar refractivity (Wildman–Crippen MR) is 58.3 cm³/mol. The molecule has 1 aromatic carbocycles. The normalized spacial score (nSPS) is 11.2. The molecule has 0 spiro atoms. The second kappa shape index (κ2) is 3.75. The largest absolute Gasteiger partial charge is 0.152 e. The maximum absolute atomic E-state index is 2.18. The molecule has 0 bridgehead atoms. The van der Waals surface area contributed by atoms with Gasteiger partial charge in [-0.15, -0.1) is 0 Å². The van der Waals surface area contributed by atoms with Crippen molar-refractivity contribution in [3.63, 3.8) is 0 Å². The highest BCUT2D eigenvalue weighted by Crippen LogP contribution is 2.25. The molecule has 0 N–H and O–H groups in total. The van der Waals surface area contributed by atoms with Crippen LogP contribution in [0.1, 0.15) is 16.7 Å². The lowest BCUT2D eigenvalue weighted by Crippen LogP contribution is -1.48. The van der Waals surface area contributed by atoms with Gasteiger partial charge in [0.05, 0.1) is 0 Å². The SMILES string of the molecule is Cc1ccsc1.c1ccc2c(c1)C2. The summed E-state index contributed by atoms with van der Waals surface area (Å²) in [5.41, 5.74) is 4.42. The fourth-order valence-corrected chi connectivity index (χ4v) is 1.83. The Kier molecular flexibility index (Phi) is 2.46. The molecule has 0 nitrogen and oxygen atoms in total. The van der Waals surface area contributed by atoms with Crippen LogP contribution in [0.5, 0.6) is 0 Å². The molecule has 0 fully saturated rings. The first-order chi connectivity index (χ1) is 6.36. The quantitative estimate of drug-likeness (QED) is 0.505. The van der Waals surface area contributed by atoms with Crippen molar-refractivity contribution in [1.29, 1.82) is 0 Å². The molecule has 66 valence electrons. The molecule has 1 aliphatic rings. The zero-order valence-corrected chi connectivity index (χ0v) is 8.47. The summed E-state index contributed by atoms with van der Waals surface area (Å²) in [6, 6.07) is 10.6. The molecule has 1 aromatic heterocycles. The lowest BCUT2D eigenvalue weighted by molar-refractivity contribution is 1.56. The number of hydrogen-bond donors (Lipinski definition) is 0. The van der Waals surface area contributed by atoms with Crippen LogP contribution in [0, 0.1) is 6.92 Å². The lowest BCUT2D eigenvalue weighted by Gasteiger charge is -1.69. The van der Waals surface area contributed by atoms with Crippen LogP contribution in [0.4, 0.5) is 0 Å².